The number of nitrogens with zero attached hydrogens (tertiary/aromatic N) is 1. The van der Waals surface area contributed by atoms with E-state index in [4.69, 9.17) is 5.11 Å². The third kappa shape index (κ3) is 5.55. The average Bonchev–Trinajstić information content (AvgIpc) is 3.10. The Morgan fingerprint density at radius 1 is 1.17 bits per heavy atom. The molecular formula is C20H27N3O4S2. The number of hydrogen-bond acceptors (Lipinski definition) is 5. The van der Waals surface area contributed by atoms with Crippen molar-refractivity contribution in [3.63, 3.8) is 0 Å². The fourth-order valence-corrected chi connectivity index (χ4v) is 6.46. The van der Waals surface area contributed by atoms with Gasteiger partial charge in [0.2, 0.25) is 10.0 Å². The minimum atomic E-state index is -3.67. The molecule has 0 saturated heterocycles. The zero-order valence-electron chi connectivity index (χ0n) is 16.8. The molecule has 29 heavy (non-hydrogen) atoms. The smallest absolute Gasteiger partial charge is 0.404 e. The summed E-state index contributed by atoms with van der Waals surface area (Å²) in [5, 5.41) is 12.4. The van der Waals surface area contributed by atoms with Crippen LogP contribution in [0.3, 0.4) is 0 Å². The highest BCUT2D eigenvalue weighted by molar-refractivity contribution is 7.89. The number of carboxylic acid groups (broad SMARTS) is 1. The molecule has 1 amide bonds. The molecule has 0 spiro atoms. The first-order valence-electron chi connectivity index (χ1n) is 9.64. The van der Waals surface area contributed by atoms with Crippen LogP contribution in [0.15, 0.2) is 35.4 Å². The first-order valence-corrected chi connectivity index (χ1v) is 11.9. The Kier molecular flexibility index (Phi) is 6.30. The van der Waals surface area contributed by atoms with Crippen molar-refractivity contribution in [3.05, 3.63) is 35.5 Å². The van der Waals surface area contributed by atoms with Crippen LogP contribution in [0.5, 0.6) is 0 Å². The lowest BCUT2D eigenvalue weighted by atomic mass is 9.86. The lowest BCUT2D eigenvalue weighted by molar-refractivity contribution is 0.185. The number of amides is 1. The van der Waals surface area contributed by atoms with Crippen LogP contribution in [0, 0.1) is 0 Å². The number of aromatic nitrogens is 1. The van der Waals surface area contributed by atoms with Crippen LogP contribution in [-0.2, 0) is 10.0 Å². The third-order valence-electron chi connectivity index (χ3n) is 4.81. The van der Waals surface area contributed by atoms with E-state index in [1.54, 1.807) is 18.3 Å². The monoisotopic (exact) mass is 437 g/mol. The molecular weight excluding hydrogens is 410 g/mol. The molecule has 1 aromatic heterocycles. The van der Waals surface area contributed by atoms with E-state index in [-0.39, 0.29) is 16.9 Å². The predicted octanol–water partition coefficient (Wildman–Crippen LogP) is 4.18. The Labute approximate surface area is 175 Å². The zero-order chi connectivity index (χ0) is 21.2. The van der Waals surface area contributed by atoms with Crippen LogP contribution in [0.1, 0.15) is 57.4 Å². The first kappa shape index (κ1) is 21.7. The van der Waals surface area contributed by atoms with Gasteiger partial charge in [-0.2, -0.15) is 0 Å². The molecule has 0 bridgehead atoms. The summed E-state index contributed by atoms with van der Waals surface area (Å²) in [7, 11) is -3.67. The van der Waals surface area contributed by atoms with Gasteiger partial charge in [0.1, 0.15) is 0 Å². The molecule has 0 unspecified atom stereocenters. The Balaban J connectivity index is 1.81. The fourth-order valence-electron chi connectivity index (χ4n) is 3.62. The fraction of sp³-hybridized carbons (Fsp3) is 0.500. The molecule has 7 nitrogen and oxygen atoms in total. The van der Waals surface area contributed by atoms with Crippen LogP contribution in [-0.4, -0.2) is 36.2 Å². The number of sulfonamides is 1. The minimum Gasteiger partial charge on any atom is -0.465 e. The molecule has 2 aromatic rings. The van der Waals surface area contributed by atoms with Crippen molar-refractivity contribution in [1.82, 2.24) is 15.0 Å². The summed E-state index contributed by atoms with van der Waals surface area (Å²) in [5.74, 6) is 0.275. The number of benzene rings is 1. The lowest BCUT2D eigenvalue weighted by Gasteiger charge is -2.27. The van der Waals surface area contributed by atoms with Gasteiger partial charge in [0, 0.05) is 29.3 Å². The van der Waals surface area contributed by atoms with Crippen LogP contribution >= 0.6 is 11.3 Å². The first-order chi connectivity index (χ1) is 13.5. The van der Waals surface area contributed by atoms with Gasteiger partial charge in [0.15, 0.2) is 0 Å². The van der Waals surface area contributed by atoms with Crippen molar-refractivity contribution in [3.8, 4) is 10.4 Å². The van der Waals surface area contributed by atoms with E-state index >= 15 is 0 Å². The summed E-state index contributed by atoms with van der Waals surface area (Å²) in [6.45, 7) is 5.44. The molecule has 9 heteroatoms. The quantitative estimate of drug-likeness (QED) is 0.650. The van der Waals surface area contributed by atoms with Crippen LogP contribution in [0.2, 0.25) is 0 Å². The maximum absolute atomic E-state index is 12.9. The second-order valence-corrected chi connectivity index (χ2v) is 11.1. The van der Waals surface area contributed by atoms with E-state index in [2.05, 4.69) is 15.0 Å². The maximum atomic E-state index is 12.9. The van der Waals surface area contributed by atoms with Gasteiger partial charge in [-0.25, -0.2) is 22.9 Å². The number of hydrogen-bond donors (Lipinski definition) is 3. The van der Waals surface area contributed by atoms with Crippen molar-refractivity contribution in [2.45, 2.75) is 68.8 Å². The van der Waals surface area contributed by atoms with E-state index in [1.165, 1.54) is 11.3 Å². The summed E-state index contributed by atoms with van der Waals surface area (Å²) in [4.78, 5) is 16.4. The summed E-state index contributed by atoms with van der Waals surface area (Å²) in [5.41, 5.74) is 0.0715. The molecule has 158 valence electrons. The molecule has 3 N–H and O–H groups in total. The summed E-state index contributed by atoms with van der Waals surface area (Å²) < 4.78 is 28.5. The zero-order valence-corrected chi connectivity index (χ0v) is 18.4. The molecule has 1 aliphatic carbocycles. The summed E-state index contributed by atoms with van der Waals surface area (Å²) in [6.07, 6.45) is 4.06. The van der Waals surface area contributed by atoms with Crippen molar-refractivity contribution in [2.24, 2.45) is 0 Å². The van der Waals surface area contributed by atoms with Gasteiger partial charge in [0.05, 0.1) is 14.8 Å². The van der Waals surface area contributed by atoms with Gasteiger partial charge in [-0.05, 0) is 52.5 Å². The normalized spacial score (nSPS) is 20.4. The summed E-state index contributed by atoms with van der Waals surface area (Å²) in [6, 6.07) is 6.97. The summed E-state index contributed by atoms with van der Waals surface area (Å²) >= 11 is 1.52. The predicted molar refractivity (Wildman–Crippen MR) is 114 cm³/mol. The van der Waals surface area contributed by atoms with Gasteiger partial charge < -0.3 is 10.4 Å². The Morgan fingerprint density at radius 2 is 1.83 bits per heavy atom. The second-order valence-electron chi connectivity index (χ2n) is 8.41. The molecule has 0 radical (unpaired) electrons. The number of nitrogens with one attached hydrogen (secondary N) is 2. The second kappa shape index (κ2) is 8.41. The molecule has 1 aromatic carbocycles. The average molecular weight is 438 g/mol. The highest BCUT2D eigenvalue weighted by Gasteiger charge is 2.28. The molecule has 1 aliphatic rings. The van der Waals surface area contributed by atoms with Crippen molar-refractivity contribution in [1.29, 1.82) is 0 Å². The molecule has 1 heterocycles. The Bertz CT molecular complexity index is 972. The number of rotatable bonds is 5. The van der Waals surface area contributed by atoms with Crippen molar-refractivity contribution >= 4 is 27.5 Å². The number of carbonyl (C=O) groups is 1. The van der Waals surface area contributed by atoms with Crippen molar-refractivity contribution < 1.29 is 18.3 Å². The molecule has 1 saturated carbocycles. The van der Waals surface area contributed by atoms with Crippen molar-refractivity contribution in [2.75, 3.05) is 0 Å². The largest absolute Gasteiger partial charge is 0.465 e. The van der Waals surface area contributed by atoms with Gasteiger partial charge in [-0.1, -0.05) is 18.2 Å². The molecule has 3 rings (SSSR count). The molecule has 1 fully saturated rings. The molecule has 0 atom stereocenters. The number of thiazole rings is 1. The highest BCUT2D eigenvalue weighted by Crippen LogP contribution is 2.39. The Morgan fingerprint density at radius 3 is 2.45 bits per heavy atom. The minimum absolute atomic E-state index is 0.00229. The van der Waals surface area contributed by atoms with E-state index in [9.17, 15) is 13.2 Å². The standard InChI is InChI=1S/C20H27N3O4S2/c1-20(2,3)23-29(26,27)17-7-5-4-6-15(17)16-12-21-18(28-16)13-8-10-14(11-9-13)22-19(24)25/h4-7,12-14,22-23H,8-11H2,1-3H3,(H,24,25)/t13-,14-. The van der Waals surface area contributed by atoms with Gasteiger partial charge in [0.25, 0.3) is 0 Å². The highest BCUT2D eigenvalue weighted by atomic mass is 32.2. The van der Waals surface area contributed by atoms with Gasteiger partial charge in [-0.3, -0.25) is 0 Å². The molecule has 0 aliphatic heterocycles. The van der Waals surface area contributed by atoms with E-state index in [1.807, 2.05) is 32.9 Å². The van der Waals surface area contributed by atoms with Crippen LogP contribution < -0.4 is 10.0 Å². The van der Waals surface area contributed by atoms with E-state index < -0.39 is 21.7 Å². The maximum Gasteiger partial charge on any atom is 0.404 e. The van der Waals surface area contributed by atoms with Crippen LogP contribution in [0.25, 0.3) is 10.4 Å². The van der Waals surface area contributed by atoms with E-state index in [0.29, 0.717) is 5.56 Å². The van der Waals surface area contributed by atoms with E-state index in [0.717, 1.165) is 35.6 Å². The third-order valence-corrected chi connectivity index (χ3v) is 7.82. The SMILES string of the molecule is CC(C)(C)NS(=O)(=O)c1ccccc1-c1cnc([C@H]2CC[C@H](NC(=O)O)CC2)s1. The Hall–Kier alpha value is -1.97. The topological polar surface area (TPSA) is 108 Å². The van der Waals surface area contributed by atoms with Gasteiger partial charge in [-0.15, -0.1) is 11.3 Å². The van der Waals surface area contributed by atoms with Crippen LogP contribution in [0.4, 0.5) is 4.79 Å². The van der Waals surface area contributed by atoms with Gasteiger partial charge >= 0.3 is 6.09 Å². The lowest BCUT2D eigenvalue weighted by Crippen LogP contribution is -2.40.